The maximum atomic E-state index is 13.2. The van der Waals surface area contributed by atoms with Gasteiger partial charge in [-0.1, -0.05) is 25.7 Å². The minimum Gasteiger partial charge on any atom is -0.368 e. The van der Waals surface area contributed by atoms with Gasteiger partial charge in [-0.05, 0) is 12.3 Å². The van der Waals surface area contributed by atoms with Crippen LogP contribution in [0.4, 0.5) is 19.0 Å². The molecular weight excluding hydrogens is 229 g/mol. The molecule has 0 spiro atoms. The van der Waals surface area contributed by atoms with E-state index in [-0.39, 0.29) is 5.82 Å². The zero-order chi connectivity index (χ0) is 12.3. The third kappa shape index (κ3) is 3.11. The van der Waals surface area contributed by atoms with Gasteiger partial charge in [-0.3, -0.25) is 0 Å². The van der Waals surface area contributed by atoms with Crippen LogP contribution in [0.5, 0.6) is 0 Å². The Morgan fingerprint density at radius 1 is 1.18 bits per heavy atom. The van der Waals surface area contributed by atoms with Crippen LogP contribution in [0.25, 0.3) is 0 Å². The standard InChI is InChI=1S/C12H15F3N2/c13-9-7-10(14)12(17-11(9)15)16-6-5-8-3-1-2-4-8/h7-8H,1-6H2,(H,16,17). The minimum atomic E-state index is -1.27. The Hall–Kier alpha value is -1.26. The summed E-state index contributed by atoms with van der Waals surface area (Å²) in [4.78, 5) is 3.21. The van der Waals surface area contributed by atoms with Crippen molar-refractivity contribution < 1.29 is 13.2 Å². The van der Waals surface area contributed by atoms with Gasteiger partial charge >= 0.3 is 0 Å². The van der Waals surface area contributed by atoms with Crippen molar-refractivity contribution in [3.8, 4) is 0 Å². The van der Waals surface area contributed by atoms with E-state index in [2.05, 4.69) is 10.3 Å². The second-order valence-electron chi connectivity index (χ2n) is 4.46. The third-order valence-corrected chi connectivity index (χ3v) is 3.21. The van der Waals surface area contributed by atoms with E-state index < -0.39 is 17.6 Å². The Morgan fingerprint density at radius 2 is 1.88 bits per heavy atom. The average molecular weight is 244 g/mol. The molecule has 1 heterocycles. The van der Waals surface area contributed by atoms with Crippen molar-refractivity contribution in [2.24, 2.45) is 5.92 Å². The second-order valence-corrected chi connectivity index (χ2v) is 4.46. The first kappa shape index (κ1) is 12.2. The summed E-state index contributed by atoms with van der Waals surface area (Å²) in [5.74, 6) is -2.92. The Balaban J connectivity index is 1.87. The highest BCUT2D eigenvalue weighted by Crippen LogP contribution is 2.27. The fourth-order valence-corrected chi connectivity index (χ4v) is 2.26. The molecular formula is C12H15F3N2. The molecule has 0 bridgehead atoms. The lowest BCUT2D eigenvalue weighted by Gasteiger charge is -2.10. The van der Waals surface area contributed by atoms with Crippen molar-refractivity contribution in [3.05, 3.63) is 23.6 Å². The van der Waals surface area contributed by atoms with Crippen molar-refractivity contribution in [2.45, 2.75) is 32.1 Å². The van der Waals surface area contributed by atoms with Gasteiger partial charge in [-0.25, -0.2) is 8.78 Å². The molecule has 0 amide bonds. The number of nitrogens with zero attached hydrogens (tertiary/aromatic N) is 1. The number of aromatic nitrogens is 1. The molecule has 1 aromatic rings. The SMILES string of the molecule is Fc1cc(F)c(NCCC2CCCC2)nc1F. The molecule has 2 rings (SSSR count). The van der Waals surface area contributed by atoms with Crippen LogP contribution in [0.1, 0.15) is 32.1 Å². The molecule has 1 aliphatic carbocycles. The largest absolute Gasteiger partial charge is 0.368 e. The summed E-state index contributed by atoms with van der Waals surface area (Å²) in [5, 5.41) is 2.72. The summed E-state index contributed by atoms with van der Waals surface area (Å²) in [7, 11) is 0. The van der Waals surface area contributed by atoms with E-state index in [0.717, 1.165) is 6.42 Å². The third-order valence-electron chi connectivity index (χ3n) is 3.21. The first-order valence-corrected chi connectivity index (χ1v) is 5.92. The van der Waals surface area contributed by atoms with Crippen molar-refractivity contribution in [3.63, 3.8) is 0 Å². The van der Waals surface area contributed by atoms with Gasteiger partial charge in [0.2, 0.25) is 0 Å². The van der Waals surface area contributed by atoms with Crippen molar-refractivity contribution in [1.82, 2.24) is 4.98 Å². The van der Waals surface area contributed by atoms with Crippen LogP contribution in [-0.2, 0) is 0 Å². The Kier molecular flexibility index (Phi) is 3.86. The topological polar surface area (TPSA) is 24.9 Å². The molecule has 94 valence electrons. The van der Waals surface area contributed by atoms with Gasteiger partial charge in [0, 0.05) is 12.6 Å². The second kappa shape index (κ2) is 5.38. The quantitative estimate of drug-likeness (QED) is 0.820. The lowest BCUT2D eigenvalue weighted by Crippen LogP contribution is -2.10. The van der Waals surface area contributed by atoms with Crippen LogP contribution in [0.15, 0.2) is 6.07 Å². The monoisotopic (exact) mass is 244 g/mol. The normalized spacial score (nSPS) is 16.4. The molecule has 1 aliphatic rings. The van der Waals surface area contributed by atoms with Gasteiger partial charge in [-0.2, -0.15) is 9.37 Å². The fourth-order valence-electron chi connectivity index (χ4n) is 2.26. The van der Waals surface area contributed by atoms with E-state index in [1.165, 1.54) is 25.7 Å². The van der Waals surface area contributed by atoms with Crippen LogP contribution in [0.3, 0.4) is 0 Å². The molecule has 0 unspecified atom stereocenters. The van der Waals surface area contributed by atoms with E-state index in [0.29, 0.717) is 18.5 Å². The van der Waals surface area contributed by atoms with Gasteiger partial charge < -0.3 is 5.32 Å². The van der Waals surface area contributed by atoms with Gasteiger partial charge in [0.05, 0.1) is 0 Å². The van der Waals surface area contributed by atoms with Crippen LogP contribution in [0, 0.1) is 23.5 Å². The summed E-state index contributed by atoms with van der Waals surface area (Å²) in [5.41, 5.74) is 0. The first-order chi connectivity index (χ1) is 8.16. The van der Waals surface area contributed by atoms with E-state index in [1.807, 2.05) is 0 Å². The van der Waals surface area contributed by atoms with Crippen molar-refractivity contribution >= 4 is 5.82 Å². The number of hydrogen-bond acceptors (Lipinski definition) is 2. The highest BCUT2D eigenvalue weighted by atomic mass is 19.2. The lowest BCUT2D eigenvalue weighted by molar-refractivity contribution is 0.465. The summed E-state index contributed by atoms with van der Waals surface area (Å²) < 4.78 is 38.6. The number of nitrogens with one attached hydrogen (secondary N) is 1. The van der Waals surface area contributed by atoms with E-state index >= 15 is 0 Å². The van der Waals surface area contributed by atoms with E-state index in [9.17, 15) is 13.2 Å². The smallest absolute Gasteiger partial charge is 0.251 e. The van der Waals surface area contributed by atoms with Crippen LogP contribution in [-0.4, -0.2) is 11.5 Å². The zero-order valence-corrected chi connectivity index (χ0v) is 9.48. The van der Waals surface area contributed by atoms with Gasteiger partial charge in [-0.15, -0.1) is 0 Å². The number of rotatable bonds is 4. The molecule has 1 N–H and O–H groups in total. The van der Waals surface area contributed by atoms with Gasteiger partial charge in [0.25, 0.3) is 5.95 Å². The highest BCUT2D eigenvalue weighted by Gasteiger charge is 2.15. The summed E-state index contributed by atoms with van der Waals surface area (Å²) in [6.45, 7) is 0.541. The van der Waals surface area contributed by atoms with Crippen LogP contribution >= 0.6 is 0 Å². The molecule has 1 aromatic heterocycles. The number of halogens is 3. The molecule has 0 radical (unpaired) electrons. The van der Waals surface area contributed by atoms with Gasteiger partial charge in [0.1, 0.15) is 0 Å². The molecule has 1 saturated carbocycles. The van der Waals surface area contributed by atoms with Gasteiger partial charge in [0.15, 0.2) is 17.5 Å². The summed E-state index contributed by atoms with van der Waals surface area (Å²) in [6.07, 6.45) is 5.83. The maximum absolute atomic E-state index is 13.2. The minimum absolute atomic E-state index is 0.207. The Morgan fingerprint density at radius 3 is 2.59 bits per heavy atom. The molecule has 0 saturated heterocycles. The molecule has 2 nitrogen and oxygen atoms in total. The summed E-state index contributed by atoms with van der Waals surface area (Å²) in [6, 6.07) is 0.514. The fraction of sp³-hybridized carbons (Fsp3) is 0.583. The average Bonchev–Trinajstić information content (AvgIpc) is 2.78. The van der Waals surface area contributed by atoms with E-state index in [1.54, 1.807) is 0 Å². The first-order valence-electron chi connectivity index (χ1n) is 5.92. The van der Waals surface area contributed by atoms with Crippen LogP contribution < -0.4 is 5.32 Å². The molecule has 1 fully saturated rings. The number of pyridine rings is 1. The molecule has 5 heteroatoms. The number of anilines is 1. The van der Waals surface area contributed by atoms with Crippen molar-refractivity contribution in [2.75, 3.05) is 11.9 Å². The number of hydrogen-bond donors (Lipinski definition) is 1. The van der Waals surface area contributed by atoms with E-state index in [4.69, 9.17) is 0 Å². The maximum Gasteiger partial charge on any atom is 0.251 e. The predicted molar refractivity (Wildman–Crippen MR) is 59.2 cm³/mol. The van der Waals surface area contributed by atoms with Crippen molar-refractivity contribution in [1.29, 1.82) is 0 Å². The zero-order valence-electron chi connectivity index (χ0n) is 9.48. The Labute approximate surface area is 98.2 Å². The molecule has 17 heavy (non-hydrogen) atoms. The lowest BCUT2D eigenvalue weighted by atomic mass is 10.0. The van der Waals surface area contributed by atoms with Crippen LogP contribution in [0.2, 0.25) is 0 Å². The molecule has 0 atom stereocenters. The Bertz CT molecular complexity index is 390. The summed E-state index contributed by atoms with van der Waals surface area (Å²) >= 11 is 0. The molecule has 0 aliphatic heterocycles. The molecule has 0 aromatic carbocycles. The highest BCUT2D eigenvalue weighted by molar-refractivity contribution is 5.35. The predicted octanol–water partition coefficient (Wildman–Crippen LogP) is 3.49.